The van der Waals surface area contributed by atoms with E-state index in [1.165, 1.54) is 34.9 Å². The maximum atomic E-state index is 11.3. The number of nitrogens with zero attached hydrogens (tertiary/aromatic N) is 4. The van der Waals surface area contributed by atoms with Crippen molar-refractivity contribution in [1.29, 1.82) is 0 Å². The number of pyridine rings is 1. The molecule has 0 radical (unpaired) electrons. The van der Waals surface area contributed by atoms with Gasteiger partial charge in [0.25, 0.3) is 0 Å². The molecule has 0 atom stereocenters. The zero-order valence-corrected chi connectivity index (χ0v) is 12.7. The van der Waals surface area contributed by atoms with E-state index in [1.807, 2.05) is 0 Å². The molecule has 0 bridgehead atoms. The van der Waals surface area contributed by atoms with Crippen molar-refractivity contribution >= 4 is 40.7 Å². The van der Waals surface area contributed by atoms with E-state index in [-0.39, 0.29) is 17.1 Å². The number of carbonyl (C=O) groups is 2. The van der Waals surface area contributed by atoms with Crippen LogP contribution in [0, 0.1) is 0 Å². The van der Waals surface area contributed by atoms with Gasteiger partial charge in [0.1, 0.15) is 5.65 Å². The van der Waals surface area contributed by atoms with Gasteiger partial charge in [-0.05, 0) is 36.4 Å². The first-order valence-electron chi connectivity index (χ1n) is 6.62. The van der Waals surface area contributed by atoms with Crippen molar-refractivity contribution in [2.45, 2.75) is 0 Å². The quantitative estimate of drug-likeness (QED) is 0.698. The van der Waals surface area contributed by atoms with Crippen molar-refractivity contribution in [3.05, 3.63) is 58.9 Å². The van der Waals surface area contributed by atoms with Crippen molar-refractivity contribution in [3.63, 3.8) is 0 Å². The molecule has 0 aliphatic rings. The van der Waals surface area contributed by atoms with Crippen LogP contribution in [0.4, 0.5) is 11.5 Å². The Morgan fingerprint density at radius 1 is 1.00 bits per heavy atom. The number of rotatable bonds is 4. The first-order chi connectivity index (χ1) is 11.5. The zero-order chi connectivity index (χ0) is 17.3. The smallest absolute Gasteiger partial charge is 0.358 e. The van der Waals surface area contributed by atoms with Gasteiger partial charge in [-0.1, -0.05) is 11.6 Å². The zero-order valence-electron chi connectivity index (χ0n) is 11.9. The number of hydrogen-bond donors (Lipinski definition) is 2. The SMILES string of the molecule is O=C(O)c1ccc(N=Nc2c(C(=O)O)nc3ccc(Cl)cn23)cc1. The summed E-state index contributed by atoms with van der Waals surface area (Å²) in [5.74, 6) is -2.28. The molecule has 2 heterocycles. The Morgan fingerprint density at radius 3 is 2.33 bits per heavy atom. The molecule has 9 heteroatoms. The third-order valence-electron chi connectivity index (χ3n) is 3.13. The predicted molar refractivity (Wildman–Crippen MR) is 84.7 cm³/mol. The lowest BCUT2D eigenvalue weighted by Crippen LogP contribution is -1.96. The number of aromatic nitrogens is 2. The summed E-state index contributed by atoms with van der Waals surface area (Å²) in [6.07, 6.45) is 1.48. The summed E-state index contributed by atoms with van der Waals surface area (Å²) in [6, 6.07) is 8.82. The number of halogens is 1. The van der Waals surface area contributed by atoms with Crippen LogP contribution in [-0.2, 0) is 0 Å². The van der Waals surface area contributed by atoms with E-state index in [0.29, 0.717) is 16.4 Å². The van der Waals surface area contributed by atoms with Gasteiger partial charge in [-0.15, -0.1) is 10.2 Å². The normalized spacial score (nSPS) is 11.2. The molecule has 120 valence electrons. The molecule has 0 aliphatic carbocycles. The Morgan fingerprint density at radius 2 is 1.71 bits per heavy atom. The topological polar surface area (TPSA) is 117 Å². The molecule has 0 unspecified atom stereocenters. The Bertz CT molecular complexity index is 979. The minimum Gasteiger partial charge on any atom is -0.478 e. The van der Waals surface area contributed by atoms with Gasteiger partial charge >= 0.3 is 11.9 Å². The van der Waals surface area contributed by atoms with Crippen molar-refractivity contribution in [1.82, 2.24) is 9.38 Å². The van der Waals surface area contributed by atoms with Gasteiger partial charge in [0.15, 0.2) is 11.5 Å². The fraction of sp³-hybridized carbons (Fsp3) is 0. The third-order valence-corrected chi connectivity index (χ3v) is 3.36. The lowest BCUT2D eigenvalue weighted by Gasteiger charge is -1.98. The number of aromatic carboxylic acids is 2. The van der Waals surface area contributed by atoms with E-state index < -0.39 is 11.9 Å². The Labute approximate surface area is 139 Å². The molecular weight excluding hydrogens is 336 g/mol. The molecule has 0 saturated heterocycles. The average Bonchev–Trinajstić information content (AvgIpc) is 2.91. The lowest BCUT2D eigenvalue weighted by atomic mass is 10.2. The van der Waals surface area contributed by atoms with E-state index in [9.17, 15) is 14.7 Å². The fourth-order valence-corrected chi connectivity index (χ4v) is 2.18. The van der Waals surface area contributed by atoms with Crippen LogP contribution in [0.15, 0.2) is 52.8 Å². The van der Waals surface area contributed by atoms with Gasteiger partial charge in [-0.25, -0.2) is 14.6 Å². The summed E-state index contributed by atoms with van der Waals surface area (Å²) >= 11 is 5.92. The number of benzene rings is 1. The van der Waals surface area contributed by atoms with Crippen LogP contribution in [0.25, 0.3) is 5.65 Å². The second-order valence-electron chi connectivity index (χ2n) is 4.72. The number of carboxylic acid groups (broad SMARTS) is 2. The molecule has 0 aliphatic heterocycles. The third kappa shape index (κ3) is 2.95. The summed E-state index contributed by atoms with van der Waals surface area (Å²) in [4.78, 5) is 26.1. The molecule has 3 rings (SSSR count). The second-order valence-corrected chi connectivity index (χ2v) is 5.15. The first-order valence-corrected chi connectivity index (χ1v) is 6.99. The molecule has 0 saturated carbocycles. The highest BCUT2D eigenvalue weighted by atomic mass is 35.5. The standard InChI is InChI=1S/C15H9ClN4O4/c16-9-3-6-11-17-12(15(23)24)13(20(11)7-9)19-18-10-4-1-8(2-5-10)14(21)22/h1-7H,(H,21,22)(H,23,24). The summed E-state index contributed by atoms with van der Waals surface area (Å²) < 4.78 is 1.42. The van der Waals surface area contributed by atoms with Crippen LogP contribution < -0.4 is 0 Å². The Hall–Kier alpha value is -3.26. The van der Waals surface area contributed by atoms with Crippen molar-refractivity contribution < 1.29 is 19.8 Å². The summed E-state index contributed by atoms with van der Waals surface area (Å²) in [5, 5.41) is 26.4. The molecular formula is C15H9ClN4O4. The Kier molecular flexibility index (Phi) is 3.97. The second kappa shape index (κ2) is 6.09. The highest BCUT2D eigenvalue weighted by Gasteiger charge is 2.18. The molecule has 1 aromatic carbocycles. The van der Waals surface area contributed by atoms with Gasteiger partial charge in [0, 0.05) is 6.20 Å². The van der Waals surface area contributed by atoms with Gasteiger partial charge in [0.2, 0.25) is 0 Å². The first kappa shape index (κ1) is 15.6. The number of imidazole rings is 1. The van der Waals surface area contributed by atoms with Crippen molar-refractivity contribution in [2.24, 2.45) is 10.2 Å². The minimum atomic E-state index is -1.25. The summed E-state index contributed by atoms with van der Waals surface area (Å²) in [5.41, 5.74) is 0.588. The van der Waals surface area contributed by atoms with Crippen LogP contribution in [0.3, 0.4) is 0 Å². The van der Waals surface area contributed by atoms with E-state index in [1.54, 1.807) is 12.1 Å². The minimum absolute atomic E-state index is 0.0160. The number of carboxylic acids is 2. The van der Waals surface area contributed by atoms with Crippen molar-refractivity contribution in [3.8, 4) is 0 Å². The molecule has 2 N–H and O–H groups in total. The summed E-state index contributed by atoms with van der Waals surface area (Å²) in [7, 11) is 0. The van der Waals surface area contributed by atoms with Gasteiger partial charge < -0.3 is 10.2 Å². The van der Waals surface area contributed by atoms with Crippen LogP contribution in [-0.4, -0.2) is 31.5 Å². The van der Waals surface area contributed by atoms with E-state index in [2.05, 4.69) is 15.2 Å². The highest BCUT2D eigenvalue weighted by molar-refractivity contribution is 6.30. The van der Waals surface area contributed by atoms with Crippen LogP contribution in [0.5, 0.6) is 0 Å². The monoisotopic (exact) mass is 344 g/mol. The number of azo groups is 1. The van der Waals surface area contributed by atoms with Crippen LogP contribution in [0.1, 0.15) is 20.8 Å². The maximum absolute atomic E-state index is 11.3. The maximum Gasteiger partial charge on any atom is 0.358 e. The Balaban J connectivity index is 2.04. The molecule has 0 fully saturated rings. The average molecular weight is 345 g/mol. The van der Waals surface area contributed by atoms with E-state index in [4.69, 9.17) is 16.7 Å². The molecule has 3 aromatic rings. The van der Waals surface area contributed by atoms with Gasteiger partial charge in [-0.2, -0.15) is 0 Å². The van der Waals surface area contributed by atoms with Crippen LogP contribution in [0.2, 0.25) is 5.02 Å². The fourth-order valence-electron chi connectivity index (χ4n) is 2.02. The number of fused-ring (bicyclic) bond motifs is 1. The predicted octanol–water partition coefficient (Wildman–Crippen LogP) is 3.80. The van der Waals surface area contributed by atoms with E-state index >= 15 is 0 Å². The molecule has 8 nitrogen and oxygen atoms in total. The molecule has 24 heavy (non-hydrogen) atoms. The molecule has 0 amide bonds. The summed E-state index contributed by atoms with van der Waals surface area (Å²) in [6.45, 7) is 0. The number of hydrogen-bond acceptors (Lipinski definition) is 5. The van der Waals surface area contributed by atoms with Crippen LogP contribution >= 0.6 is 11.6 Å². The largest absolute Gasteiger partial charge is 0.478 e. The molecule has 2 aromatic heterocycles. The highest BCUT2D eigenvalue weighted by Crippen LogP contribution is 2.26. The van der Waals surface area contributed by atoms with E-state index in [0.717, 1.165) is 0 Å². The lowest BCUT2D eigenvalue weighted by molar-refractivity contribution is 0.0683. The van der Waals surface area contributed by atoms with Gasteiger partial charge in [-0.3, -0.25) is 4.40 Å². The molecule has 0 spiro atoms. The van der Waals surface area contributed by atoms with Gasteiger partial charge in [0.05, 0.1) is 16.3 Å². The van der Waals surface area contributed by atoms with Crippen molar-refractivity contribution in [2.75, 3.05) is 0 Å².